The fourth-order valence-electron chi connectivity index (χ4n) is 2.84. The number of benzene rings is 1. The average Bonchev–Trinajstić information content (AvgIpc) is 2.92. The Hall–Kier alpha value is -3.00. The van der Waals surface area contributed by atoms with Crippen molar-refractivity contribution in [1.29, 1.82) is 5.26 Å². The van der Waals surface area contributed by atoms with Crippen molar-refractivity contribution < 1.29 is 14.3 Å². The summed E-state index contributed by atoms with van der Waals surface area (Å²) in [5.74, 6) is 0.0846. The van der Waals surface area contributed by atoms with Gasteiger partial charge in [0.1, 0.15) is 30.6 Å². The molecule has 0 unspecified atom stereocenters. The van der Waals surface area contributed by atoms with E-state index in [0.717, 1.165) is 41.2 Å². The summed E-state index contributed by atoms with van der Waals surface area (Å²) in [5.41, 5.74) is 4.15. The van der Waals surface area contributed by atoms with E-state index in [4.69, 9.17) is 9.47 Å². The van der Waals surface area contributed by atoms with Crippen LogP contribution in [-0.4, -0.2) is 23.8 Å². The maximum absolute atomic E-state index is 12.2. The Bertz CT molecular complexity index is 855. The summed E-state index contributed by atoms with van der Waals surface area (Å²) in [6, 6.07) is 11.6. The molecule has 5 nitrogen and oxygen atoms in total. The molecule has 142 valence electrons. The van der Waals surface area contributed by atoms with Gasteiger partial charge in [-0.2, -0.15) is 5.26 Å². The standard InChI is InChI=1S/C22H26N2O3/c1-5-10-24-17(3)13-19(18(24)4)14-20(15-23)22(25)27-12-11-26-21-8-6-16(2)7-9-21/h6-9,13-14H,5,10-12H2,1-4H3/b20-14+. The molecule has 0 fully saturated rings. The van der Waals surface area contributed by atoms with Gasteiger partial charge in [0, 0.05) is 17.9 Å². The molecule has 0 N–H and O–H groups in total. The molecular formula is C22H26N2O3. The van der Waals surface area contributed by atoms with Crippen LogP contribution in [0.5, 0.6) is 5.75 Å². The van der Waals surface area contributed by atoms with Crippen LogP contribution in [0.2, 0.25) is 0 Å². The number of rotatable bonds is 8. The van der Waals surface area contributed by atoms with Crippen LogP contribution < -0.4 is 4.74 Å². The first-order valence-corrected chi connectivity index (χ1v) is 9.11. The van der Waals surface area contributed by atoms with E-state index in [1.165, 1.54) is 0 Å². The highest BCUT2D eigenvalue weighted by molar-refractivity contribution is 5.98. The number of esters is 1. The van der Waals surface area contributed by atoms with Gasteiger partial charge in [0.25, 0.3) is 0 Å². The fourth-order valence-corrected chi connectivity index (χ4v) is 2.84. The van der Waals surface area contributed by atoms with Crippen molar-refractivity contribution in [2.75, 3.05) is 13.2 Å². The van der Waals surface area contributed by atoms with Crippen LogP contribution in [0.3, 0.4) is 0 Å². The smallest absolute Gasteiger partial charge is 0.349 e. The van der Waals surface area contributed by atoms with Crippen molar-refractivity contribution in [3.63, 3.8) is 0 Å². The third kappa shape index (κ3) is 5.49. The SMILES string of the molecule is CCCn1c(C)cc(/C=C(\C#N)C(=O)OCCOc2ccc(C)cc2)c1C. The first-order valence-electron chi connectivity index (χ1n) is 9.11. The van der Waals surface area contributed by atoms with Crippen LogP contribution >= 0.6 is 0 Å². The van der Waals surface area contributed by atoms with Gasteiger partial charge in [-0.3, -0.25) is 0 Å². The molecule has 5 heteroatoms. The van der Waals surface area contributed by atoms with E-state index < -0.39 is 5.97 Å². The van der Waals surface area contributed by atoms with Crippen LogP contribution in [0.15, 0.2) is 35.9 Å². The number of aryl methyl sites for hydroxylation is 2. The van der Waals surface area contributed by atoms with E-state index >= 15 is 0 Å². The molecule has 27 heavy (non-hydrogen) atoms. The molecular weight excluding hydrogens is 340 g/mol. The molecule has 0 aliphatic heterocycles. The number of hydrogen-bond donors (Lipinski definition) is 0. The zero-order valence-corrected chi connectivity index (χ0v) is 16.4. The fraction of sp³-hybridized carbons (Fsp3) is 0.364. The van der Waals surface area contributed by atoms with Crippen molar-refractivity contribution in [3.05, 3.63) is 58.4 Å². The molecule has 0 saturated heterocycles. The summed E-state index contributed by atoms with van der Waals surface area (Å²) in [6.45, 7) is 9.36. The molecule has 1 heterocycles. The lowest BCUT2D eigenvalue weighted by Crippen LogP contribution is -2.13. The van der Waals surface area contributed by atoms with E-state index in [1.54, 1.807) is 6.08 Å². The second-order valence-corrected chi connectivity index (χ2v) is 6.45. The van der Waals surface area contributed by atoms with Crippen LogP contribution in [0.25, 0.3) is 6.08 Å². The van der Waals surface area contributed by atoms with Crippen molar-refractivity contribution in [3.8, 4) is 11.8 Å². The molecule has 0 radical (unpaired) electrons. The summed E-state index contributed by atoms with van der Waals surface area (Å²) in [4.78, 5) is 12.2. The largest absolute Gasteiger partial charge is 0.490 e. The van der Waals surface area contributed by atoms with Gasteiger partial charge in [0.15, 0.2) is 0 Å². The normalized spacial score (nSPS) is 11.1. The number of ether oxygens (including phenoxy) is 2. The highest BCUT2D eigenvalue weighted by Crippen LogP contribution is 2.19. The van der Waals surface area contributed by atoms with Crippen LogP contribution in [0.4, 0.5) is 0 Å². The van der Waals surface area contributed by atoms with Crippen LogP contribution in [0.1, 0.15) is 35.9 Å². The first kappa shape index (κ1) is 20.3. The first-order chi connectivity index (χ1) is 13.0. The van der Waals surface area contributed by atoms with E-state index in [-0.39, 0.29) is 18.8 Å². The Kier molecular flexibility index (Phi) is 7.25. The number of nitriles is 1. The van der Waals surface area contributed by atoms with Gasteiger partial charge in [0.05, 0.1) is 0 Å². The summed E-state index contributed by atoms with van der Waals surface area (Å²) < 4.78 is 12.9. The summed E-state index contributed by atoms with van der Waals surface area (Å²) in [6.07, 6.45) is 2.62. The monoisotopic (exact) mass is 366 g/mol. The summed E-state index contributed by atoms with van der Waals surface area (Å²) in [5, 5.41) is 9.33. The maximum Gasteiger partial charge on any atom is 0.349 e. The van der Waals surface area contributed by atoms with Gasteiger partial charge in [0.2, 0.25) is 0 Å². The lowest BCUT2D eigenvalue weighted by molar-refractivity contribution is -0.139. The average molecular weight is 366 g/mol. The lowest BCUT2D eigenvalue weighted by atomic mass is 10.1. The molecule has 0 aliphatic rings. The van der Waals surface area contributed by atoms with E-state index in [1.807, 2.05) is 57.2 Å². The third-order valence-electron chi connectivity index (χ3n) is 4.31. The van der Waals surface area contributed by atoms with Crippen LogP contribution in [0, 0.1) is 32.1 Å². The second kappa shape index (κ2) is 9.63. The Balaban J connectivity index is 1.95. The summed E-state index contributed by atoms with van der Waals surface area (Å²) >= 11 is 0. The van der Waals surface area contributed by atoms with Crippen LogP contribution in [-0.2, 0) is 16.1 Å². The predicted molar refractivity (Wildman–Crippen MR) is 105 cm³/mol. The highest BCUT2D eigenvalue weighted by Gasteiger charge is 2.14. The molecule has 1 aromatic carbocycles. The maximum atomic E-state index is 12.2. The minimum absolute atomic E-state index is 0.0120. The van der Waals surface area contributed by atoms with Gasteiger partial charge < -0.3 is 14.0 Å². The molecule has 0 bridgehead atoms. The molecule has 0 atom stereocenters. The zero-order chi connectivity index (χ0) is 19.8. The van der Waals surface area contributed by atoms with Crippen molar-refractivity contribution in [1.82, 2.24) is 4.57 Å². The number of carbonyl (C=O) groups excluding carboxylic acids is 1. The topological polar surface area (TPSA) is 64.2 Å². The quantitative estimate of drug-likeness (QED) is 0.301. The molecule has 2 aromatic rings. The van der Waals surface area contributed by atoms with Gasteiger partial charge in [-0.15, -0.1) is 0 Å². The Labute approximate surface area is 160 Å². The lowest BCUT2D eigenvalue weighted by Gasteiger charge is -2.08. The van der Waals surface area contributed by atoms with Crippen molar-refractivity contribution in [2.24, 2.45) is 0 Å². The number of carbonyl (C=O) groups is 1. The molecule has 0 spiro atoms. The molecule has 2 rings (SSSR count). The van der Waals surface area contributed by atoms with E-state index in [2.05, 4.69) is 11.5 Å². The van der Waals surface area contributed by atoms with E-state index in [9.17, 15) is 10.1 Å². The minimum atomic E-state index is -0.634. The van der Waals surface area contributed by atoms with Gasteiger partial charge >= 0.3 is 5.97 Å². The van der Waals surface area contributed by atoms with Crippen molar-refractivity contribution >= 4 is 12.0 Å². The Morgan fingerprint density at radius 2 is 1.89 bits per heavy atom. The number of nitrogens with zero attached hydrogens (tertiary/aromatic N) is 2. The highest BCUT2D eigenvalue weighted by atomic mass is 16.6. The number of hydrogen-bond acceptors (Lipinski definition) is 4. The minimum Gasteiger partial charge on any atom is -0.490 e. The zero-order valence-electron chi connectivity index (χ0n) is 16.4. The summed E-state index contributed by atoms with van der Waals surface area (Å²) in [7, 11) is 0. The second-order valence-electron chi connectivity index (χ2n) is 6.45. The molecule has 0 saturated carbocycles. The number of aromatic nitrogens is 1. The Morgan fingerprint density at radius 1 is 1.19 bits per heavy atom. The van der Waals surface area contributed by atoms with E-state index in [0.29, 0.717) is 0 Å². The molecule has 0 aliphatic carbocycles. The Morgan fingerprint density at radius 3 is 2.52 bits per heavy atom. The van der Waals surface area contributed by atoms with Gasteiger partial charge in [-0.25, -0.2) is 4.79 Å². The van der Waals surface area contributed by atoms with Gasteiger partial charge in [-0.05, 0) is 57.0 Å². The third-order valence-corrected chi connectivity index (χ3v) is 4.31. The van der Waals surface area contributed by atoms with Gasteiger partial charge in [-0.1, -0.05) is 24.6 Å². The molecule has 0 amide bonds. The molecule has 1 aromatic heterocycles. The predicted octanol–water partition coefficient (Wildman–Crippen LogP) is 4.35. The van der Waals surface area contributed by atoms with Crippen molar-refractivity contribution in [2.45, 2.75) is 40.7 Å².